The predicted octanol–water partition coefficient (Wildman–Crippen LogP) is 0.217. The zero-order valence-electron chi connectivity index (χ0n) is 10.4. The van der Waals surface area contributed by atoms with Gasteiger partial charge in [0.05, 0.1) is 5.92 Å². The van der Waals surface area contributed by atoms with E-state index >= 15 is 0 Å². The molecule has 0 aromatic rings. The van der Waals surface area contributed by atoms with Crippen LogP contribution in [0.15, 0.2) is 0 Å². The van der Waals surface area contributed by atoms with Crippen LogP contribution in [0, 0.1) is 11.8 Å². The van der Waals surface area contributed by atoms with Crippen LogP contribution in [0.25, 0.3) is 0 Å². The molecule has 0 aromatic carbocycles. The number of carboxylic acid groups (broad SMARTS) is 1. The van der Waals surface area contributed by atoms with Crippen LogP contribution in [0.1, 0.15) is 19.3 Å². The first kappa shape index (κ1) is 13.1. The van der Waals surface area contributed by atoms with E-state index in [9.17, 15) is 9.59 Å². The highest BCUT2D eigenvalue weighted by atomic mass is 16.4. The van der Waals surface area contributed by atoms with Crippen LogP contribution in [-0.4, -0.2) is 64.8 Å². The highest BCUT2D eigenvalue weighted by molar-refractivity contribution is 5.77. The number of aliphatic hydroxyl groups is 1. The Morgan fingerprint density at radius 2 is 1.67 bits per heavy atom. The van der Waals surface area contributed by atoms with Crippen LogP contribution in [0.5, 0.6) is 0 Å². The average Bonchev–Trinajstić information content (AvgIpc) is 2.88. The van der Waals surface area contributed by atoms with Gasteiger partial charge in [-0.3, -0.25) is 4.79 Å². The van der Waals surface area contributed by atoms with Crippen LogP contribution in [0.3, 0.4) is 0 Å². The molecular formula is C12H20N2O4. The van der Waals surface area contributed by atoms with Gasteiger partial charge in [0.2, 0.25) is 0 Å². The van der Waals surface area contributed by atoms with Crippen LogP contribution in [0.4, 0.5) is 4.79 Å². The van der Waals surface area contributed by atoms with Crippen molar-refractivity contribution in [3.8, 4) is 0 Å². The Labute approximate surface area is 106 Å². The molecule has 0 radical (unpaired) electrons. The summed E-state index contributed by atoms with van der Waals surface area (Å²) in [6.45, 7) is 2.38. The van der Waals surface area contributed by atoms with Gasteiger partial charge in [-0.15, -0.1) is 0 Å². The summed E-state index contributed by atoms with van der Waals surface area (Å²) in [5.41, 5.74) is 0. The van der Waals surface area contributed by atoms with E-state index in [0.29, 0.717) is 38.5 Å². The number of hydrogen-bond acceptors (Lipinski definition) is 3. The SMILES string of the molecule is O=C(O)C1CCN(C(=O)N2CCC(CO)CC2)C1. The molecule has 2 saturated heterocycles. The number of likely N-dealkylation sites (tertiary alicyclic amines) is 2. The summed E-state index contributed by atoms with van der Waals surface area (Å²) >= 11 is 0. The van der Waals surface area contributed by atoms with Gasteiger partial charge >= 0.3 is 12.0 Å². The molecule has 102 valence electrons. The second kappa shape index (κ2) is 5.56. The van der Waals surface area contributed by atoms with E-state index in [4.69, 9.17) is 10.2 Å². The number of aliphatic carboxylic acids is 1. The number of nitrogens with zero attached hydrogens (tertiary/aromatic N) is 2. The standard InChI is InChI=1S/C12H20N2O4/c15-8-9-1-4-13(5-2-9)12(18)14-6-3-10(7-14)11(16)17/h9-10,15H,1-8H2,(H,16,17). The fourth-order valence-corrected chi connectivity index (χ4v) is 2.64. The Morgan fingerprint density at radius 1 is 1.06 bits per heavy atom. The van der Waals surface area contributed by atoms with Gasteiger partial charge in [0.1, 0.15) is 0 Å². The molecule has 1 atom stereocenters. The number of piperidine rings is 1. The lowest BCUT2D eigenvalue weighted by Crippen LogP contribution is -2.46. The van der Waals surface area contributed by atoms with Crippen LogP contribution in [-0.2, 0) is 4.79 Å². The van der Waals surface area contributed by atoms with Crippen molar-refractivity contribution in [2.45, 2.75) is 19.3 Å². The number of rotatable bonds is 2. The molecular weight excluding hydrogens is 236 g/mol. The van der Waals surface area contributed by atoms with Crippen molar-refractivity contribution in [2.75, 3.05) is 32.8 Å². The lowest BCUT2D eigenvalue weighted by Gasteiger charge is -2.33. The summed E-state index contributed by atoms with van der Waals surface area (Å²) in [5, 5.41) is 18.0. The zero-order chi connectivity index (χ0) is 13.1. The highest BCUT2D eigenvalue weighted by Crippen LogP contribution is 2.21. The number of aliphatic hydroxyl groups excluding tert-OH is 1. The molecule has 2 heterocycles. The van der Waals surface area contributed by atoms with E-state index in [2.05, 4.69) is 0 Å². The Bertz CT molecular complexity index is 326. The number of carbonyl (C=O) groups excluding carboxylic acids is 1. The molecule has 0 bridgehead atoms. The molecule has 0 aliphatic carbocycles. The molecule has 0 saturated carbocycles. The van der Waals surface area contributed by atoms with E-state index in [-0.39, 0.29) is 12.6 Å². The molecule has 0 spiro atoms. The molecule has 2 rings (SSSR count). The van der Waals surface area contributed by atoms with E-state index < -0.39 is 11.9 Å². The predicted molar refractivity (Wildman–Crippen MR) is 64.1 cm³/mol. The molecule has 2 N–H and O–H groups in total. The van der Waals surface area contributed by atoms with Gasteiger partial charge in [-0.25, -0.2) is 4.79 Å². The van der Waals surface area contributed by atoms with E-state index in [1.165, 1.54) is 0 Å². The highest BCUT2D eigenvalue weighted by Gasteiger charge is 2.34. The zero-order valence-corrected chi connectivity index (χ0v) is 10.4. The third-order valence-electron chi connectivity index (χ3n) is 3.95. The van der Waals surface area contributed by atoms with Crippen molar-refractivity contribution >= 4 is 12.0 Å². The third-order valence-corrected chi connectivity index (χ3v) is 3.95. The third kappa shape index (κ3) is 2.75. The van der Waals surface area contributed by atoms with Crippen molar-refractivity contribution in [3.05, 3.63) is 0 Å². The average molecular weight is 256 g/mol. The monoisotopic (exact) mass is 256 g/mol. The number of amides is 2. The maximum absolute atomic E-state index is 12.2. The quantitative estimate of drug-likeness (QED) is 0.740. The minimum Gasteiger partial charge on any atom is -0.481 e. The summed E-state index contributed by atoms with van der Waals surface area (Å²) in [5.74, 6) is -0.924. The number of carboxylic acids is 1. The Morgan fingerprint density at radius 3 is 2.17 bits per heavy atom. The fraction of sp³-hybridized carbons (Fsp3) is 0.833. The first-order valence-corrected chi connectivity index (χ1v) is 6.49. The number of carbonyl (C=O) groups is 2. The van der Waals surface area contributed by atoms with Gasteiger partial charge in [-0.2, -0.15) is 0 Å². The van der Waals surface area contributed by atoms with Gasteiger partial charge in [0.15, 0.2) is 0 Å². The Kier molecular flexibility index (Phi) is 4.06. The maximum Gasteiger partial charge on any atom is 0.320 e. The first-order chi connectivity index (χ1) is 8.61. The first-order valence-electron chi connectivity index (χ1n) is 6.49. The number of hydrogen-bond donors (Lipinski definition) is 2. The molecule has 6 heteroatoms. The molecule has 2 fully saturated rings. The smallest absolute Gasteiger partial charge is 0.320 e. The molecule has 2 amide bonds. The number of urea groups is 1. The lowest BCUT2D eigenvalue weighted by molar-refractivity contribution is -0.141. The summed E-state index contributed by atoms with van der Waals surface area (Å²) in [7, 11) is 0. The van der Waals surface area contributed by atoms with Gasteiger partial charge in [-0.05, 0) is 25.2 Å². The summed E-state index contributed by atoms with van der Waals surface area (Å²) in [4.78, 5) is 26.4. The van der Waals surface area contributed by atoms with Crippen LogP contribution < -0.4 is 0 Å². The molecule has 0 aromatic heterocycles. The van der Waals surface area contributed by atoms with Crippen molar-refractivity contribution in [3.63, 3.8) is 0 Å². The van der Waals surface area contributed by atoms with Crippen LogP contribution in [0.2, 0.25) is 0 Å². The van der Waals surface area contributed by atoms with Crippen molar-refractivity contribution in [1.29, 1.82) is 0 Å². The normalized spacial score (nSPS) is 25.5. The summed E-state index contributed by atoms with van der Waals surface area (Å²) in [6.07, 6.45) is 2.21. The second-order valence-corrected chi connectivity index (χ2v) is 5.17. The minimum absolute atomic E-state index is 0.0462. The molecule has 1 unspecified atom stereocenters. The maximum atomic E-state index is 12.2. The van der Waals surface area contributed by atoms with Crippen LogP contribution >= 0.6 is 0 Å². The Balaban J connectivity index is 1.84. The molecule has 18 heavy (non-hydrogen) atoms. The van der Waals surface area contributed by atoms with Crippen molar-refractivity contribution in [2.24, 2.45) is 11.8 Å². The molecule has 2 aliphatic rings. The van der Waals surface area contributed by atoms with Gasteiger partial charge in [0.25, 0.3) is 0 Å². The fourth-order valence-electron chi connectivity index (χ4n) is 2.64. The molecule has 6 nitrogen and oxygen atoms in total. The Hall–Kier alpha value is -1.30. The summed E-state index contributed by atoms with van der Waals surface area (Å²) in [6, 6.07) is -0.0462. The topological polar surface area (TPSA) is 81.1 Å². The van der Waals surface area contributed by atoms with E-state index in [0.717, 1.165) is 12.8 Å². The van der Waals surface area contributed by atoms with Gasteiger partial charge in [0, 0.05) is 32.8 Å². The van der Waals surface area contributed by atoms with Crippen molar-refractivity contribution in [1.82, 2.24) is 9.80 Å². The van der Waals surface area contributed by atoms with Crippen molar-refractivity contribution < 1.29 is 19.8 Å². The lowest BCUT2D eigenvalue weighted by atomic mass is 9.98. The van der Waals surface area contributed by atoms with Gasteiger partial charge in [-0.1, -0.05) is 0 Å². The van der Waals surface area contributed by atoms with Gasteiger partial charge < -0.3 is 20.0 Å². The minimum atomic E-state index is -0.815. The van der Waals surface area contributed by atoms with E-state index in [1.54, 1.807) is 9.80 Å². The molecule has 2 aliphatic heterocycles. The second-order valence-electron chi connectivity index (χ2n) is 5.17. The summed E-state index contributed by atoms with van der Waals surface area (Å²) < 4.78 is 0. The van der Waals surface area contributed by atoms with E-state index in [1.807, 2.05) is 0 Å². The largest absolute Gasteiger partial charge is 0.481 e.